The molecule has 0 aliphatic rings. The largest absolute Gasteiger partial charge is 0.506 e. The fourth-order valence-corrected chi connectivity index (χ4v) is 3.52. The number of hydrogen-bond acceptors (Lipinski definition) is 6. The first-order valence-electron chi connectivity index (χ1n) is 10.7. The van der Waals surface area contributed by atoms with E-state index in [1.165, 1.54) is 9.59 Å². The van der Waals surface area contributed by atoms with Gasteiger partial charge in [0.15, 0.2) is 0 Å². The van der Waals surface area contributed by atoms with Crippen LogP contribution < -0.4 is 0 Å². The first kappa shape index (κ1) is 21.1. The van der Waals surface area contributed by atoms with Gasteiger partial charge >= 0.3 is 0 Å². The van der Waals surface area contributed by atoms with Crippen LogP contribution in [0.2, 0.25) is 0 Å². The molecule has 0 fully saturated rings. The molecule has 6 rings (SSSR count). The lowest BCUT2D eigenvalue weighted by Gasteiger charge is -2.03. The number of phenols is 2. The van der Waals surface area contributed by atoms with Crippen LogP contribution in [-0.4, -0.2) is 40.2 Å². The summed E-state index contributed by atoms with van der Waals surface area (Å²) in [7, 11) is 0. The third-order valence-electron chi connectivity index (χ3n) is 5.27. The molecule has 0 atom stereocenters. The Hall–Kier alpha value is -4.72. The molecule has 0 saturated carbocycles. The second-order valence-electron chi connectivity index (χ2n) is 7.94. The van der Waals surface area contributed by atoms with E-state index in [0.717, 1.165) is 33.2 Å². The molecule has 2 N–H and O–H groups in total. The van der Waals surface area contributed by atoms with Gasteiger partial charge in [0.25, 0.3) is 0 Å². The van der Waals surface area contributed by atoms with E-state index in [4.69, 9.17) is 0 Å². The third kappa shape index (κ3) is 4.16. The maximum atomic E-state index is 9.81. The topological polar surface area (TPSA) is 102 Å². The predicted molar refractivity (Wildman–Crippen MR) is 131 cm³/mol. The van der Waals surface area contributed by atoms with Gasteiger partial charge in [-0.3, -0.25) is 0 Å². The SMILES string of the molecule is Cc1ccc(O)c(-n2nc3ccccc3n2)c1.Cc1ccc(O)c(-n2nc3ccccc3n2)c1. The molecule has 0 saturated heterocycles. The third-order valence-corrected chi connectivity index (χ3v) is 5.27. The minimum absolute atomic E-state index is 0.177. The molecule has 34 heavy (non-hydrogen) atoms. The first-order chi connectivity index (χ1) is 16.5. The van der Waals surface area contributed by atoms with Crippen LogP contribution in [0.1, 0.15) is 11.1 Å². The average Bonchev–Trinajstić information content (AvgIpc) is 3.47. The molecule has 4 aromatic carbocycles. The van der Waals surface area contributed by atoms with Gasteiger partial charge in [0.2, 0.25) is 0 Å². The highest BCUT2D eigenvalue weighted by Gasteiger charge is 2.09. The maximum absolute atomic E-state index is 9.81. The Kier molecular flexibility index (Phi) is 5.39. The van der Waals surface area contributed by atoms with E-state index in [9.17, 15) is 10.2 Å². The van der Waals surface area contributed by atoms with E-state index in [1.54, 1.807) is 12.1 Å². The summed E-state index contributed by atoms with van der Waals surface area (Å²) in [6, 6.07) is 25.9. The summed E-state index contributed by atoms with van der Waals surface area (Å²) in [6.45, 7) is 3.93. The average molecular weight is 451 g/mol. The van der Waals surface area contributed by atoms with Gasteiger partial charge in [0.05, 0.1) is 0 Å². The fourth-order valence-electron chi connectivity index (χ4n) is 3.52. The van der Waals surface area contributed by atoms with Gasteiger partial charge in [0.1, 0.15) is 44.9 Å². The summed E-state index contributed by atoms with van der Waals surface area (Å²) in [6.07, 6.45) is 0. The van der Waals surface area contributed by atoms with Crippen molar-refractivity contribution >= 4 is 22.1 Å². The molecule has 0 aliphatic carbocycles. The van der Waals surface area contributed by atoms with Crippen LogP contribution >= 0.6 is 0 Å². The number of fused-ring (bicyclic) bond motifs is 2. The number of rotatable bonds is 2. The van der Waals surface area contributed by atoms with Crippen LogP contribution in [0.4, 0.5) is 0 Å². The molecule has 2 heterocycles. The molecule has 6 aromatic rings. The van der Waals surface area contributed by atoms with Crippen LogP contribution in [0.15, 0.2) is 84.9 Å². The second-order valence-corrected chi connectivity index (χ2v) is 7.94. The van der Waals surface area contributed by atoms with Gasteiger partial charge in [0, 0.05) is 0 Å². The summed E-state index contributed by atoms with van der Waals surface area (Å²) in [4.78, 5) is 2.93. The Bertz CT molecular complexity index is 1430. The van der Waals surface area contributed by atoms with Crippen molar-refractivity contribution in [3.8, 4) is 22.9 Å². The van der Waals surface area contributed by atoms with E-state index in [0.29, 0.717) is 11.4 Å². The zero-order valence-corrected chi connectivity index (χ0v) is 18.7. The second kappa shape index (κ2) is 8.67. The molecule has 0 aliphatic heterocycles. The lowest BCUT2D eigenvalue weighted by molar-refractivity contribution is 0.467. The summed E-state index contributed by atoms with van der Waals surface area (Å²) in [5, 5.41) is 36.9. The Morgan fingerprint density at radius 2 is 0.824 bits per heavy atom. The molecular formula is C26H22N6O2. The number of aryl methyl sites for hydroxylation is 2. The van der Waals surface area contributed by atoms with Crippen molar-refractivity contribution in [3.63, 3.8) is 0 Å². The monoisotopic (exact) mass is 450 g/mol. The van der Waals surface area contributed by atoms with Gasteiger partial charge in [-0.1, -0.05) is 36.4 Å². The number of aromatic nitrogens is 6. The zero-order valence-electron chi connectivity index (χ0n) is 18.7. The highest BCUT2D eigenvalue weighted by molar-refractivity contribution is 5.74. The normalized spacial score (nSPS) is 10.9. The van der Waals surface area contributed by atoms with Gasteiger partial charge in [-0.25, -0.2) is 0 Å². The minimum atomic E-state index is 0.177. The van der Waals surface area contributed by atoms with Crippen LogP contribution in [0.3, 0.4) is 0 Å². The van der Waals surface area contributed by atoms with Crippen molar-refractivity contribution in [2.75, 3.05) is 0 Å². The van der Waals surface area contributed by atoms with Crippen molar-refractivity contribution < 1.29 is 10.2 Å². The predicted octanol–water partition coefficient (Wildman–Crippen LogP) is 4.87. The van der Waals surface area contributed by atoms with Gasteiger partial charge in [-0.05, 0) is 73.5 Å². The van der Waals surface area contributed by atoms with E-state index < -0.39 is 0 Å². The van der Waals surface area contributed by atoms with Gasteiger partial charge < -0.3 is 10.2 Å². The van der Waals surface area contributed by atoms with Crippen LogP contribution in [0.5, 0.6) is 11.5 Å². The number of benzene rings is 4. The minimum Gasteiger partial charge on any atom is -0.506 e. The Morgan fingerprint density at radius 3 is 1.15 bits per heavy atom. The van der Waals surface area contributed by atoms with E-state index >= 15 is 0 Å². The highest BCUT2D eigenvalue weighted by Crippen LogP contribution is 2.23. The Balaban J connectivity index is 0.000000142. The molecule has 0 spiro atoms. The highest BCUT2D eigenvalue weighted by atomic mass is 16.3. The first-order valence-corrected chi connectivity index (χ1v) is 10.7. The van der Waals surface area contributed by atoms with Crippen molar-refractivity contribution in [1.29, 1.82) is 0 Å². The van der Waals surface area contributed by atoms with Crippen LogP contribution in [0, 0.1) is 13.8 Å². The van der Waals surface area contributed by atoms with E-state index in [1.807, 2.05) is 86.6 Å². The Labute approximate surface area is 195 Å². The smallest absolute Gasteiger partial charge is 0.143 e. The molecular weight excluding hydrogens is 428 g/mol. The van der Waals surface area contributed by atoms with Crippen molar-refractivity contribution in [3.05, 3.63) is 96.1 Å². The number of aromatic hydroxyl groups is 2. The van der Waals surface area contributed by atoms with Crippen LogP contribution in [-0.2, 0) is 0 Å². The molecule has 0 unspecified atom stereocenters. The van der Waals surface area contributed by atoms with Gasteiger partial charge in [-0.2, -0.15) is 0 Å². The van der Waals surface area contributed by atoms with Crippen molar-refractivity contribution in [2.24, 2.45) is 0 Å². The summed E-state index contributed by atoms with van der Waals surface area (Å²) in [5.74, 6) is 0.354. The van der Waals surface area contributed by atoms with Crippen molar-refractivity contribution in [2.45, 2.75) is 13.8 Å². The molecule has 8 heteroatoms. The van der Waals surface area contributed by atoms with Crippen LogP contribution in [0.25, 0.3) is 33.4 Å². The quantitative estimate of drug-likeness (QED) is 0.390. The maximum Gasteiger partial charge on any atom is 0.143 e. The molecule has 0 radical (unpaired) electrons. The lowest BCUT2D eigenvalue weighted by atomic mass is 10.2. The number of nitrogens with zero attached hydrogens (tertiary/aromatic N) is 6. The summed E-state index contributed by atoms with van der Waals surface area (Å²) in [5.41, 5.74) is 6.56. The van der Waals surface area contributed by atoms with E-state index in [-0.39, 0.29) is 11.5 Å². The van der Waals surface area contributed by atoms with Gasteiger partial charge in [-0.15, -0.1) is 30.0 Å². The number of phenolic OH excluding ortho intramolecular Hbond substituents is 2. The van der Waals surface area contributed by atoms with E-state index in [2.05, 4.69) is 20.4 Å². The fraction of sp³-hybridized carbons (Fsp3) is 0.0769. The molecule has 168 valence electrons. The standard InChI is InChI=1S/2C13H11N3O/c2*1-9-6-7-13(17)12(8-9)16-14-10-4-2-3-5-11(10)15-16/h2*2-8,17H,1H3. The molecule has 0 bridgehead atoms. The summed E-state index contributed by atoms with van der Waals surface area (Å²) < 4.78 is 0. The van der Waals surface area contributed by atoms with Crippen molar-refractivity contribution in [1.82, 2.24) is 30.0 Å². The molecule has 8 nitrogen and oxygen atoms in total. The zero-order chi connectivity index (χ0) is 23.7. The lowest BCUT2D eigenvalue weighted by Crippen LogP contribution is -1.99. The molecule has 2 aromatic heterocycles. The Morgan fingerprint density at radius 1 is 0.500 bits per heavy atom. The number of hydrogen-bond donors (Lipinski definition) is 2. The molecule has 0 amide bonds. The summed E-state index contributed by atoms with van der Waals surface area (Å²) >= 11 is 0.